The molecule has 5 rings (SSSR count). The molecule has 0 amide bonds. The summed E-state index contributed by atoms with van der Waals surface area (Å²) in [5, 5.41) is 7.62. The highest BCUT2D eigenvalue weighted by molar-refractivity contribution is 5.69. The Kier molecular flexibility index (Phi) is 4.35. The summed E-state index contributed by atoms with van der Waals surface area (Å²) in [6, 6.07) is 15.1. The zero-order valence-electron chi connectivity index (χ0n) is 16.9. The molecule has 0 saturated heterocycles. The largest absolute Gasteiger partial charge is 0.406 e. The Bertz CT molecular complexity index is 1240. The van der Waals surface area contributed by atoms with E-state index in [1.165, 1.54) is 22.3 Å². The van der Waals surface area contributed by atoms with Crippen molar-refractivity contribution in [2.45, 2.75) is 26.9 Å². The summed E-state index contributed by atoms with van der Waals surface area (Å²) < 4.78 is 5.26. The molecular formula is C23H22N6O. The zero-order valence-corrected chi connectivity index (χ0v) is 16.9. The van der Waals surface area contributed by atoms with Gasteiger partial charge in [-0.05, 0) is 42.2 Å². The summed E-state index contributed by atoms with van der Waals surface area (Å²) in [6.45, 7) is 5.46. The minimum absolute atomic E-state index is 0.0831. The molecule has 0 saturated carbocycles. The van der Waals surface area contributed by atoms with E-state index in [1.807, 2.05) is 12.3 Å². The number of hydrogen-bond acceptors (Lipinski definition) is 6. The van der Waals surface area contributed by atoms with Crippen LogP contribution < -0.4 is 5.73 Å². The Morgan fingerprint density at radius 1 is 1.00 bits per heavy atom. The van der Waals surface area contributed by atoms with Crippen LogP contribution in [0.5, 0.6) is 0 Å². The fraction of sp³-hybridized carbons (Fsp3) is 0.174. The molecular weight excluding hydrogens is 376 g/mol. The van der Waals surface area contributed by atoms with Gasteiger partial charge in [-0.2, -0.15) is 0 Å². The first kappa shape index (κ1) is 18.2. The van der Waals surface area contributed by atoms with Gasteiger partial charge in [-0.1, -0.05) is 47.6 Å². The van der Waals surface area contributed by atoms with Gasteiger partial charge in [-0.15, -0.1) is 5.10 Å². The predicted octanol–water partition coefficient (Wildman–Crippen LogP) is 4.31. The van der Waals surface area contributed by atoms with Crippen molar-refractivity contribution >= 4 is 12.1 Å². The number of nitrogens with one attached hydrogen (secondary N) is 1. The van der Waals surface area contributed by atoms with Gasteiger partial charge >= 0.3 is 6.01 Å². The minimum atomic E-state index is 0.0831. The molecule has 7 heteroatoms. The number of benzene rings is 2. The van der Waals surface area contributed by atoms with Crippen LogP contribution in [0.4, 0.5) is 6.01 Å². The number of hydrogen-bond donors (Lipinski definition) is 2. The number of nitrogen functional groups attached to an aromatic ring is 1. The molecule has 0 aliphatic carbocycles. The lowest BCUT2D eigenvalue weighted by molar-refractivity contribution is 0.313. The summed E-state index contributed by atoms with van der Waals surface area (Å²) in [6.07, 6.45) is 3.97. The van der Waals surface area contributed by atoms with Gasteiger partial charge in [0.15, 0.2) is 0 Å². The van der Waals surface area contributed by atoms with E-state index < -0.39 is 0 Å². The number of fused-ring (bicyclic) bond motifs is 1. The quantitative estimate of drug-likeness (QED) is 0.532. The van der Waals surface area contributed by atoms with E-state index in [0.29, 0.717) is 19.0 Å². The number of aromatic nitrogens is 4. The van der Waals surface area contributed by atoms with E-state index >= 15 is 0 Å². The number of aryl methyl sites for hydroxylation is 2. The third-order valence-corrected chi connectivity index (χ3v) is 5.43. The van der Waals surface area contributed by atoms with Crippen LogP contribution in [0.15, 0.2) is 53.1 Å². The molecule has 150 valence electrons. The zero-order chi connectivity index (χ0) is 20.7. The summed E-state index contributed by atoms with van der Waals surface area (Å²) in [5.74, 6) is 1.35. The van der Waals surface area contributed by atoms with Crippen molar-refractivity contribution in [3.63, 3.8) is 0 Å². The monoisotopic (exact) mass is 398 g/mol. The third kappa shape index (κ3) is 3.45. The molecule has 0 radical (unpaired) electrons. The van der Waals surface area contributed by atoms with Crippen molar-refractivity contribution in [1.82, 2.24) is 25.1 Å². The van der Waals surface area contributed by atoms with Crippen LogP contribution in [0, 0.1) is 13.8 Å². The van der Waals surface area contributed by atoms with Crippen molar-refractivity contribution in [3.05, 3.63) is 77.1 Å². The second-order valence-electron chi connectivity index (χ2n) is 7.58. The maximum atomic E-state index is 5.50. The van der Waals surface area contributed by atoms with Crippen LogP contribution in [0.25, 0.3) is 28.6 Å². The van der Waals surface area contributed by atoms with E-state index in [2.05, 4.69) is 76.4 Å². The highest BCUT2D eigenvalue weighted by Crippen LogP contribution is 2.27. The van der Waals surface area contributed by atoms with Gasteiger partial charge in [0.05, 0.1) is 24.5 Å². The van der Waals surface area contributed by atoms with Gasteiger partial charge in [0.2, 0.25) is 5.89 Å². The number of anilines is 1. The van der Waals surface area contributed by atoms with Crippen LogP contribution in [0.1, 0.15) is 28.4 Å². The van der Waals surface area contributed by atoms with Gasteiger partial charge in [-0.3, -0.25) is 0 Å². The van der Waals surface area contributed by atoms with Crippen molar-refractivity contribution in [3.8, 4) is 22.5 Å². The molecule has 7 nitrogen and oxygen atoms in total. The van der Waals surface area contributed by atoms with Crippen molar-refractivity contribution < 1.29 is 4.42 Å². The lowest BCUT2D eigenvalue weighted by Crippen LogP contribution is -2.19. The lowest BCUT2D eigenvalue weighted by atomic mass is 9.99. The molecule has 0 bridgehead atoms. The molecule has 1 aliphatic heterocycles. The average Bonchev–Trinajstić information content (AvgIpc) is 3.36. The minimum Gasteiger partial charge on any atom is -0.406 e. The first-order chi connectivity index (χ1) is 14.5. The van der Waals surface area contributed by atoms with Gasteiger partial charge in [-0.25, -0.2) is 4.98 Å². The van der Waals surface area contributed by atoms with Crippen molar-refractivity contribution in [2.75, 3.05) is 5.73 Å². The van der Waals surface area contributed by atoms with Crippen LogP contribution in [0.2, 0.25) is 0 Å². The third-order valence-electron chi connectivity index (χ3n) is 5.43. The normalized spacial score (nSPS) is 12.9. The molecule has 0 unspecified atom stereocenters. The fourth-order valence-electron chi connectivity index (χ4n) is 3.60. The van der Waals surface area contributed by atoms with Crippen molar-refractivity contribution in [1.29, 1.82) is 0 Å². The number of aromatic amines is 1. The number of rotatable bonds is 4. The maximum Gasteiger partial charge on any atom is 0.312 e. The molecule has 0 fully saturated rings. The van der Waals surface area contributed by atoms with Crippen molar-refractivity contribution in [2.24, 2.45) is 0 Å². The number of imidazole rings is 1. The van der Waals surface area contributed by atoms with Crippen LogP contribution in [-0.2, 0) is 13.1 Å². The molecule has 1 aliphatic rings. The second-order valence-corrected chi connectivity index (χ2v) is 7.58. The summed E-state index contributed by atoms with van der Waals surface area (Å²) in [7, 11) is 0. The maximum absolute atomic E-state index is 5.50. The first-order valence-electron chi connectivity index (χ1n) is 9.82. The molecule has 0 atom stereocenters. The summed E-state index contributed by atoms with van der Waals surface area (Å²) >= 11 is 0. The number of nitrogens with two attached hydrogens (primary N) is 1. The fourth-order valence-corrected chi connectivity index (χ4v) is 3.60. The SMILES string of the molecule is Cc1ccc(-c2ccc(-c3nc4c([nH]3)CN(Cc3nnc(N)o3)C=C4)cc2)cc1C. The second kappa shape index (κ2) is 7.18. The number of H-pyrrole nitrogens is 1. The van der Waals surface area contributed by atoms with E-state index in [1.54, 1.807) is 0 Å². The standard InChI is InChI=1S/C23H22N6O/c1-14-3-4-18(11-15(14)2)16-5-7-17(8-6-16)22-25-19-9-10-29(12-20(19)26-22)13-21-27-28-23(24)30-21/h3-11H,12-13H2,1-2H3,(H2,24,28)(H,25,26). The molecule has 3 heterocycles. The molecule has 30 heavy (non-hydrogen) atoms. The first-order valence-corrected chi connectivity index (χ1v) is 9.82. The lowest BCUT2D eigenvalue weighted by Gasteiger charge is -2.20. The molecule has 2 aromatic heterocycles. The molecule has 3 N–H and O–H groups in total. The van der Waals surface area contributed by atoms with E-state index in [-0.39, 0.29) is 6.01 Å². The van der Waals surface area contributed by atoms with Gasteiger partial charge in [0, 0.05) is 11.8 Å². The molecule has 4 aromatic rings. The number of nitrogens with zero attached hydrogens (tertiary/aromatic N) is 4. The van der Waals surface area contributed by atoms with Gasteiger partial charge < -0.3 is 20.0 Å². The smallest absolute Gasteiger partial charge is 0.312 e. The Balaban J connectivity index is 1.34. The predicted molar refractivity (Wildman–Crippen MR) is 116 cm³/mol. The summed E-state index contributed by atoms with van der Waals surface area (Å²) in [4.78, 5) is 10.3. The Morgan fingerprint density at radius 2 is 1.77 bits per heavy atom. The topological polar surface area (TPSA) is 96.9 Å². The Hall–Kier alpha value is -3.87. The Labute approximate surface area is 174 Å². The highest BCUT2D eigenvalue weighted by atomic mass is 16.4. The van der Waals surface area contributed by atoms with Crippen LogP contribution in [-0.4, -0.2) is 25.1 Å². The highest BCUT2D eigenvalue weighted by Gasteiger charge is 2.18. The average molecular weight is 398 g/mol. The van der Waals surface area contributed by atoms with Crippen LogP contribution in [0.3, 0.4) is 0 Å². The van der Waals surface area contributed by atoms with E-state index in [0.717, 1.165) is 22.8 Å². The van der Waals surface area contributed by atoms with Crippen LogP contribution >= 0.6 is 0 Å². The van der Waals surface area contributed by atoms with E-state index in [4.69, 9.17) is 15.1 Å². The molecule has 0 spiro atoms. The van der Waals surface area contributed by atoms with Gasteiger partial charge in [0.25, 0.3) is 0 Å². The van der Waals surface area contributed by atoms with E-state index in [9.17, 15) is 0 Å². The Morgan fingerprint density at radius 3 is 2.50 bits per heavy atom. The van der Waals surface area contributed by atoms with Gasteiger partial charge in [0.1, 0.15) is 5.82 Å². The molecule has 2 aromatic carbocycles. The summed E-state index contributed by atoms with van der Waals surface area (Å²) in [5.41, 5.74) is 13.6.